The Hall–Kier alpha value is -2.78. The largest absolute Gasteiger partial charge is 0.465 e. The Balaban J connectivity index is 1.46. The second-order valence-electron chi connectivity index (χ2n) is 11.7. The second kappa shape index (κ2) is 8.65. The van der Waals surface area contributed by atoms with E-state index in [-0.39, 0.29) is 19.3 Å². The molecule has 1 spiro atoms. The third kappa shape index (κ3) is 3.44. The van der Waals surface area contributed by atoms with Crippen LogP contribution in [-0.4, -0.2) is 78.5 Å². The summed E-state index contributed by atoms with van der Waals surface area (Å²) in [5.41, 5.74) is -0.183. The van der Waals surface area contributed by atoms with E-state index in [1.165, 1.54) is 4.90 Å². The van der Waals surface area contributed by atoms with Crippen LogP contribution in [-0.2, 0) is 24.5 Å². The number of carbonyl (C=O) groups is 2. The first-order valence-corrected chi connectivity index (χ1v) is 13.2. The third-order valence-electron chi connectivity index (χ3n) is 10.1. The number of nitrogens with zero attached hydrogens (tertiary/aromatic N) is 2. The summed E-state index contributed by atoms with van der Waals surface area (Å²) in [5.74, 6) is -19.7. The minimum Gasteiger partial charge on any atom is -0.456 e. The van der Waals surface area contributed by atoms with Gasteiger partial charge in [-0.3, -0.25) is 4.90 Å². The molecule has 5 bridgehead atoms. The van der Waals surface area contributed by atoms with Gasteiger partial charge < -0.3 is 14.4 Å². The van der Waals surface area contributed by atoms with E-state index in [4.69, 9.17) is 9.47 Å². The summed E-state index contributed by atoms with van der Waals surface area (Å²) >= 11 is 0. The van der Waals surface area contributed by atoms with E-state index in [1.54, 1.807) is 43.1 Å². The van der Waals surface area contributed by atoms with Crippen LogP contribution in [0.4, 0.5) is 49.6 Å². The van der Waals surface area contributed by atoms with Gasteiger partial charge in [0.1, 0.15) is 6.10 Å². The van der Waals surface area contributed by atoms with Gasteiger partial charge in [-0.1, -0.05) is 25.1 Å². The number of likely N-dealkylation sites (N-methyl/N-ethyl adjacent to an activating group) is 1. The van der Waals surface area contributed by atoms with Gasteiger partial charge in [-0.2, -0.15) is 43.9 Å². The Bertz CT molecular complexity index is 1320. The zero-order chi connectivity index (χ0) is 30.9. The van der Waals surface area contributed by atoms with Crippen molar-refractivity contribution in [3.05, 3.63) is 29.8 Å². The molecule has 5 aliphatic heterocycles. The number of benzene rings is 1. The third-order valence-corrected chi connectivity index (χ3v) is 10.1. The average molecular weight is 618 g/mol. The maximum Gasteiger partial charge on any atom is 0.465 e. The van der Waals surface area contributed by atoms with Gasteiger partial charge in [0.2, 0.25) is 0 Å². The first-order valence-electron chi connectivity index (χ1n) is 13.2. The molecule has 42 heavy (non-hydrogen) atoms. The fourth-order valence-corrected chi connectivity index (χ4v) is 8.75. The van der Waals surface area contributed by atoms with Crippen molar-refractivity contribution in [2.24, 2.45) is 17.8 Å². The highest BCUT2D eigenvalue weighted by molar-refractivity contribution is 5.80. The molecule has 6 nitrogen and oxygen atoms in total. The summed E-state index contributed by atoms with van der Waals surface area (Å²) in [6, 6.07) is 4.31. The molecule has 1 aliphatic carbocycles. The van der Waals surface area contributed by atoms with Crippen LogP contribution in [0.2, 0.25) is 0 Å². The van der Waals surface area contributed by atoms with Gasteiger partial charge in [0.25, 0.3) is 0 Å². The highest BCUT2D eigenvalue weighted by Crippen LogP contribution is 2.70. The molecule has 1 aromatic carbocycles. The number of esters is 2. The summed E-state index contributed by atoms with van der Waals surface area (Å²) in [5, 5.41) is 0. The van der Waals surface area contributed by atoms with Crippen molar-refractivity contribution < 1.29 is 63.0 Å². The molecule has 4 saturated heterocycles. The first kappa shape index (κ1) is 29.3. The van der Waals surface area contributed by atoms with Crippen LogP contribution in [0.3, 0.4) is 0 Å². The zero-order valence-electron chi connectivity index (χ0n) is 21.9. The minimum atomic E-state index is -6.23. The van der Waals surface area contributed by atoms with E-state index in [9.17, 15) is 53.5 Å². The molecule has 0 N–H and O–H groups in total. The van der Waals surface area contributed by atoms with Crippen molar-refractivity contribution in [2.75, 3.05) is 11.9 Å². The van der Waals surface area contributed by atoms with Crippen molar-refractivity contribution in [1.29, 1.82) is 0 Å². The molecule has 6 aliphatic rings. The Labute approximate surface area is 231 Å². The van der Waals surface area contributed by atoms with Gasteiger partial charge >= 0.3 is 36.1 Å². The van der Waals surface area contributed by atoms with Crippen LogP contribution in [0.1, 0.15) is 31.7 Å². The number of alkyl halides is 10. The number of anilines is 1. The predicted molar refractivity (Wildman–Crippen MR) is 121 cm³/mol. The van der Waals surface area contributed by atoms with E-state index in [2.05, 4.69) is 0 Å². The maximum atomic E-state index is 14.2. The summed E-state index contributed by atoms with van der Waals surface area (Å²) in [4.78, 5) is 27.9. The van der Waals surface area contributed by atoms with Crippen LogP contribution in [0.25, 0.3) is 0 Å². The topological polar surface area (TPSA) is 59.1 Å². The van der Waals surface area contributed by atoms with E-state index in [0.717, 1.165) is 0 Å². The number of hydrogen-bond acceptors (Lipinski definition) is 6. The lowest BCUT2D eigenvalue weighted by molar-refractivity contribution is -0.295. The molecule has 1 saturated carbocycles. The summed E-state index contributed by atoms with van der Waals surface area (Å²) < 4.78 is 145. The van der Waals surface area contributed by atoms with Crippen molar-refractivity contribution in [3.8, 4) is 0 Å². The highest BCUT2D eigenvalue weighted by Gasteiger charge is 2.79. The number of para-hydroxylation sites is 1. The number of rotatable bonds is 5. The van der Waals surface area contributed by atoms with Crippen LogP contribution in [0, 0.1) is 17.8 Å². The fraction of sp³-hybridized carbons (Fsp3) is 0.692. The summed E-state index contributed by atoms with van der Waals surface area (Å²) in [6.07, 6.45) is -15.2. The Kier molecular flexibility index (Phi) is 6.04. The van der Waals surface area contributed by atoms with Gasteiger partial charge in [0.15, 0.2) is 6.23 Å². The predicted octanol–water partition coefficient (Wildman–Crippen LogP) is 5.05. The van der Waals surface area contributed by atoms with Gasteiger partial charge in [0.05, 0.1) is 11.5 Å². The SMILES string of the molecule is CCC1C2CC3C4N(C)c5ccccc5C45CC(C2C5OC(=O)C(F)(F)C(F)(F)F)N3C1OC(=O)C(F)(F)C(F)(F)F. The van der Waals surface area contributed by atoms with E-state index in [0.29, 0.717) is 11.3 Å². The number of carbonyl (C=O) groups excluding carboxylic acids is 2. The highest BCUT2D eigenvalue weighted by atomic mass is 19.4. The first-order chi connectivity index (χ1) is 19.3. The molecule has 10 unspecified atom stereocenters. The number of ether oxygens (including phenoxy) is 2. The lowest BCUT2D eigenvalue weighted by atomic mass is 9.62. The number of hydrogen-bond donors (Lipinski definition) is 0. The molecule has 16 heteroatoms. The Morgan fingerprint density at radius 2 is 1.48 bits per heavy atom. The molecular formula is C26H24F10N2O4. The maximum absolute atomic E-state index is 14.2. The fourth-order valence-electron chi connectivity index (χ4n) is 8.75. The van der Waals surface area contributed by atoms with Crippen molar-refractivity contribution in [1.82, 2.24) is 4.90 Å². The van der Waals surface area contributed by atoms with Crippen molar-refractivity contribution >= 4 is 17.6 Å². The summed E-state index contributed by atoms with van der Waals surface area (Å²) in [7, 11) is 1.62. The van der Waals surface area contributed by atoms with Crippen LogP contribution >= 0.6 is 0 Å². The Morgan fingerprint density at radius 1 is 0.905 bits per heavy atom. The molecule has 10 atom stereocenters. The molecule has 1 aromatic rings. The lowest BCUT2D eigenvalue weighted by Crippen LogP contribution is -2.73. The van der Waals surface area contributed by atoms with Crippen LogP contribution in [0.15, 0.2) is 24.3 Å². The zero-order valence-corrected chi connectivity index (χ0v) is 21.9. The quantitative estimate of drug-likeness (QED) is 0.340. The molecule has 0 radical (unpaired) electrons. The van der Waals surface area contributed by atoms with Crippen molar-refractivity contribution in [2.45, 2.75) is 86.3 Å². The minimum absolute atomic E-state index is 0.00757. The van der Waals surface area contributed by atoms with Gasteiger partial charge in [-0.05, 0) is 36.8 Å². The average Bonchev–Trinajstić information content (AvgIpc) is 3.29. The smallest absolute Gasteiger partial charge is 0.456 e. The number of piperidine rings is 4. The van der Waals surface area contributed by atoms with Crippen LogP contribution < -0.4 is 4.90 Å². The van der Waals surface area contributed by atoms with Crippen molar-refractivity contribution in [3.63, 3.8) is 0 Å². The molecule has 5 fully saturated rings. The normalized spacial score (nSPS) is 38.4. The molecule has 7 rings (SSSR count). The van der Waals surface area contributed by atoms with E-state index in [1.807, 2.05) is 0 Å². The van der Waals surface area contributed by atoms with Gasteiger partial charge in [-0.25, -0.2) is 9.59 Å². The van der Waals surface area contributed by atoms with Gasteiger partial charge in [0, 0.05) is 36.7 Å². The molecule has 232 valence electrons. The molecule has 5 heterocycles. The molecule has 0 amide bonds. The summed E-state index contributed by atoms with van der Waals surface area (Å²) in [6.45, 7) is 1.56. The van der Waals surface area contributed by atoms with Gasteiger partial charge in [-0.15, -0.1) is 0 Å². The number of fused-ring (bicyclic) bond motifs is 2. The monoisotopic (exact) mass is 618 g/mol. The Morgan fingerprint density at radius 3 is 2.05 bits per heavy atom. The van der Waals surface area contributed by atoms with E-state index >= 15 is 0 Å². The standard InChI is InChI=1S/C26H24F10N2O4/c1-3-10-11-8-14-17-22(12-6-4-5-7-13(12)37(17)2)9-15(16(11)18(22)41-20(39)23(27,28)25(31,32)33)38(14)19(10)42-21(40)24(29,30)26(34,35)36/h4-7,10-11,14-19H,3,8-9H2,1-2H3. The lowest BCUT2D eigenvalue weighted by Gasteiger charge is -2.62. The molecule has 0 aromatic heterocycles. The second-order valence-corrected chi connectivity index (χ2v) is 11.7. The number of halogens is 10. The van der Waals surface area contributed by atoms with E-state index < -0.39 is 89.8 Å². The molecular weight excluding hydrogens is 594 g/mol. The van der Waals surface area contributed by atoms with Crippen LogP contribution in [0.5, 0.6) is 0 Å².